The van der Waals surface area contributed by atoms with Gasteiger partial charge < -0.3 is 14.5 Å². The Balaban J connectivity index is 1.42. The first-order valence-electron chi connectivity index (χ1n) is 8.38. The molecule has 0 bridgehead atoms. The first kappa shape index (κ1) is 16.1. The minimum Gasteiger partial charge on any atom is -0.447 e. The molecule has 132 valence electrons. The summed E-state index contributed by atoms with van der Waals surface area (Å²) in [6, 6.07) is 12.8. The maximum absolute atomic E-state index is 12.3. The highest BCUT2D eigenvalue weighted by Crippen LogP contribution is 2.19. The molecule has 3 heterocycles. The maximum atomic E-state index is 12.3. The average Bonchev–Trinajstić information content (AvgIpc) is 3.26. The van der Waals surface area contributed by atoms with Gasteiger partial charge in [-0.15, -0.1) is 0 Å². The fourth-order valence-corrected chi connectivity index (χ4v) is 2.98. The van der Waals surface area contributed by atoms with E-state index in [0.717, 1.165) is 22.7 Å². The van der Waals surface area contributed by atoms with Gasteiger partial charge in [-0.05, 0) is 43.3 Å². The molecule has 0 atom stereocenters. The fraction of sp³-hybridized carbons (Fsp3) is 0.211. The van der Waals surface area contributed by atoms with Crippen LogP contribution in [0.3, 0.4) is 0 Å². The predicted molar refractivity (Wildman–Crippen MR) is 96.2 cm³/mol. The van der Waals surface area contributed by atoms with E-state index in [9.17, 15) is 9.59 Å². The fourth-order valence-electron chi connectivity index (χ4n) is 2.98. The van der Waals surface area contributed by atoms with Crippen molar-refractivity contribution in [3.8, 4) is 0 Å². The van der Waals surface area contributed by atoms with Crippen LogP contribution in [0.25, 0.3) is 5.65 Å². The second-order valence-corrected chi connectivity index (χ2v) is 6.12. The number of amides is 2. The normalized spacial score (nSPS) is 13.9. The predicted octanol–water partition coefficient (Wildman–Crippen LogP) is 2.53. The van der Waals surface area contributed by atoms with Gasteiger partial charge in [-0.1, -0.05) is 6.07 Å². The highest BCUT2D eigenvalue weighted by atomic mass is 16.6. The van der Waals surface area contributed by atoms with Crippen LogP contribution in [0, 0.1) is 6.92 Å². The minimum atomic E-state index is -0.357. The largest absolute Gasteiger partial charge is 0.447 e. The summed E-state index contributed by atoms with van der Waals surface area (Å²) in [5, 5.41) is 2.87. The molecule has 0 spiro atoms. The lowest BCUT2D eigenvalue weighted by Gasteiger charge is -2.12. The van der Waals surface area contributed by atoms with Crippen molar-refractivity contribution in [3.05, 3.63) is 65.6 Å². The van der Waals surface area contributed by atoms with Gasteiger partial charge in [0.05, 0.1) is 18.8 Å². The Morgan fingerprint density at radius 1 is 1.23 bits per heavy atom. The molecule has 1 aromatic carbocycles. The molecule has 7 nitrogen and oxygen atoms in total. The number of nitrogens with zero attached hydrogens (tertiary/aromatic N) is 3. The Bertz CT molecular complexity index is 978. The van der Waals surface area contributed by atoms with Crippen LogP contribution in [0.1, 0.15) is 21.7 Å². The molecule has 26 heavy (non-hydrogen) atoms. The van der Waals surface area contributed by atoms with Crippen molar-refractivity contribution in [2.24, 2.45) is 0 Å². The number of fused-ring (bicyclic) bond motifs is 1. The van der Waals surface area contributed by atoms with E-state index in [-0.39, 0.29) is 12.0 Å². The van der Waals surface area contributed by atoms with E-state index in [1.165, 1.54) is 0 Å². The summed E-state index contributed by atoms with van der Waals surface area (Å²) in [6.45, 7) is 3.27. The number of hydrogen-bond donors (Lipinski definition) is 1. The van der Waals surface area contributed by atoms with E-state index < -0.39 is 0 Å². The number of pyridine rings is 1. The van der Waals surface area contributed by atoms with Crippen LogP contribution in [0.4, 0.5) is 10.5 Å². The summed E-state index contributed by atoms with van der Waals surface area (Å²) in [4.78, 5) is 30.0. The SMILES string of the molecule is Cc1cccc2nc(CNC(=O)c3ccc(N4CCOC4=O)cc3)cn12. The van der Waals surface area contributed by atoms with Gasteiger partial charge in [-0.2, -0.15) is 0 Å². The van der Waals surface area contributed by atoms with E-state index in [2.05, 4.69) is 10.3 Å². The summed E-state index contributed by atoms with van der Waals surface area (Å²) in [5.41, 5.74) is 3.99. The topological polar surface area (TPSA) is 75.9 Å². The molecule has 0 radical (unpaired) electrons. The molecule has 1 fully saturated rings. The number of anilines is 1. The third-order valence-corrected chi connectivity index (χ3v) is 4.38. The van der Waals surface area contributed by atoms with Gasteiger partial charge in [0.2, 0.25) is 0 Å². The van der Waals surface area contributed by atoms with Crippen molar-refractivity contribution in [1.29, 1.82) is 0 Å². The zero-order chi connectivity index (χ0) is 18.1. The number of benzene rings is 1. The number of aryl methyl sites for hydroxylation is 1. The quantitative estimate of drug-likeness (QED) is 0.784. The number of carbonyl (C=O) groups is 2. The second kappa shape index (κ2) is 6.51. The van der Waals surface area contributed by atoms with E-state index in [1.807, 2.05) is 35.7 Å². The van der Waals surface area contributed by atoms with Gasteiger partial charge in [0, 0.05) is 23.1 Å². The summed E-state index contributed by atoms with van der Waals surface area (Å²) >= 11 is 0. The third-order valence-electron chi connectivity index (χ3n) is 4.38. The van der Waals surface area contributed by atoms with E-state index >= 15 is 0 Å². The van der Waals surface area contributed by atoms with Crippen LogP contribution >= 0.6 is 0 Å². The number of carbonyl (C=O) groups excluding carboxylic acids is 2. The number of imidazole rings is 1. The van der Waals surface area contributed by atoms with E-state index in [0.29, 0.717) is 25.3 Å². The lowest BCUT2D eigenvalue weighted by Crippen LogP contribution is -2.24. The smallest absolute Gasteiger partial charge is 0.414 e. The van der Waals surface area contributed by atoms with Crippen LogP contribution in [-0.2, 0) is 11.3 Å². The number of rotatable bonds is 4. The molecular formula is C19H18N4O3. The van der Waals surface area contributed by atoms with Crippen molar-refractivity contribution in [3.63, 3.8) is 0 Å². The van der Waals surface area contributed by atoms with Gasteiger partial charge in [-0.25, -0.2) is 9.78 Å². The molecule has 0 aliphatic carbocycles. The number of ether oxygens (including phenoxy) is 1. The van der Waals surface area contributed by atoms with Crippen LogP contribution in [0.15, 0.2) is 48.7 Å². The Morgan fingerprint density at radius 3 is 2.73 bits per heavy atom. The number of hydrogen-bond acceptors (Lipinski definition) is 4. The molecule has 0 unspecified atom stereocenters. The second-order valence-electron chi connectivity index (χ2n) is 6.12. The van der Waals surface area contributed by atoms with Gasteiger partial charge in [-0.3, -0.25) is 9.69 Å². The van der Waals surface area contributed by atoms with Crippen molar-refractivity contribution < 1.29 is 14.3 Å². The summed E-state index contributed by atoms with van der Waals surface area (Å²) in [7, 11) is 0. The lowest BCUT2D eigenvalue weighted by molar-refractivity contribution is 0.0950. The van der Waals surface area contributed by atoms with Crippen LogP contribution in [0.5, 0.6) is 0 Å². The molecular weight excluding hydrogens is 332 g/mol. The minimum absolute atomic E-state index is 0.186. The van der Waals surface area contributed by atoms with Crippen LogP contribution in [0.2, 0.25) is 0 Å². The molecule has 4 rings (SSSR count). The maximum Gasteiger partial charge on any atom is 0.414 e. The Hall–Kier alpha value is -3.35. The molecule has 3 aromatic rings. The van der Waals surface area contributed by atoms with Crippen molar-refractivity contribution in [1.82, 2.24) is 14.7 Å². The van der Waals surface area contributed by atoms with E-state index in [4.69, 9.17) is 4.74 Å². The first-order valence-corrected chi connectivity index (χ1v) is 8.38. The molecule has 0 saturated carbocycles. The lowest BCUT2D eigenvalue weighted by atomic mass is 10.2. The highest BCUT2D eigenvalue weighted by molar-refractivity contribution is 5.95. The molecule has 1 N–H and O–H groups in total. The summed E-state index contributed by atoms with van der Waals surface area (Å²) in [6.07, 6.45) is 1.57. The number of cyclic esters (lactones) is 1. The highest BCUT2D eigenvalue weighted by Gasteiger charge is 2.23. The summed E-state index contributed by atoms with van der Waals surface area (Å²) < 4.78 is 6.91. The number of nitrogens with one attached hydrogen (secondary N) is 1. The van der Waals surface area contributed by atoms with Crippen LogP contribution in [-0.4, -0.2) is 34.5 Å². The zero-order valence-corrected chi connectivity index (χ0v) is 14.3. The first-order chi connectivity index (χ1) is 12.6. The molecule has 7 heteroatoms. The number of aromatic nitrogens is 2. The molecule has 1 aliphatic rings. The monoisotopic (exact) mass is 350 g/mol. The summed E-state index contributed by atoms with van der Waals surface area (Å²) in [5.74, 6) is -0.186. The van der Waals surface area contributed by atoms with Gasteiger partial charge in [0.1, 0.15) is 12.3 Å². The van der Waals surface area contributed by atoms with Gasteiger partial charge in [0.15, 0.2) is 0 Å². The van der Waals surface area contributed by atoms with Crippen molar-refractivity contribution in [2.75, 3.05) is 18.1 Å². The Morgan fingerprint density at radius 2 is 2.04 bits per heavy atom. The third kappa shape index (κ3) is 2.99. The molecule has 1 aliphatic heterocycles. The Kier molecular flexibility index (Phi) is 4.04. The van der Waals surface area contributed by atoms with Gasteiger partial charge in [0.25, 0.3) is 5.91 Å². The van der Waals surface area contributed by atoms with Crippen LogP contribution < -0.4 is 10.2 Å². The molecule has 2 amide bonds. The standard InChI is InChI=1S/C19H18N4O3/c1-13-3-2-4-17-21-15(12-23(13)17)11-20-18(24)14-5-7-16(8-6-14)22-9-10-26-19(22)25/h2-8,12H,9-11H2,1H3,(H,20,24). The Labute approximate surface area is 150 Å². The van der Waals surface area contributed by atoms with E-state index in [1.54, 1.807) is 29.2 Å². The zero-order valence-electron chi connectivity index (χ0n) is 14.3. The van der Waals surface area contributed by atoms with Crippen molar-refractivity contribution >= 4 is 23.3 Å². The van der Waals surface area contributed by atoms with Gasteiger partial charge >= 0.3 is 6.09 Å². The van der Waals surface area contributed by atoms with Crippen molar-refractivity contribution in [2.45, 2.75) is 13.5 Å². The average molecular weight is 350 g/mol. The molecule has 2 aromatic heterocycles. The molecule has 1 saturated heterocycles.